The summed E-state index contributed by atoms with van der Waals surface area (Å²) >= 11 is 3.44. The predicted molar refractivity (Wildman–Crippen MR) is 80.6 cm³/mol. The average molecular weight is 318 g/mol. The monoisotopic (exact) mass is 317 g/mol. The fraction of sp³-hybridized carbons (Fsp3) is 0.0714. The van der Waals surface area contributed by atoms with Gasteiger partial charge in [-0.15, -0.1) is 0 Å². The summed E-state index contributed by atoms with van der Waals surface area (Å²) in [4.78, 5) is 13.7. The number of hydrogen-bond donors (Lipinski definition) is 2. The summed E-state index contributed by atoms with van der Waals surface area (Å²) in [6, 6.07) is 13.3. The Balaban J connectivity index is 2.15. The Labute approximate surface area is 119 Å². The molecule has 1 amide bonds. The number of carbonyl (C=O) groups excluding carboxylic acids is 1. The lowest BCUT2D eigenvalue weighted by Gasteiger charge is -2.31. The molecule has 0 radical (unpaired) electrons. The first-order chi connectivity index (χ1) is 9.15. The Bertz CT molecular complexity index is 657. The molecule has 0 spiro atoms. The molecule has 0 saturated carbocycles. The van der Waals surface area contributed by atoms with Crippen molar-refractivity contribution in [2.45, 2.75) is 0 Å². The molecule has 0 bridgehead atoms. The minimum Gasteiger partial charge on any atom is -0.397 e. The first-order valence-corrected chi connectivity index (χ1v) is 6.66. The fourth-order valence-electron chi connectivity index (χ4n) is 2.20. The van der Waals surface area contributed by atoms with Crippen LogP contribution in [-0.2, 0) is 4.79 Å². The van der Waals surface area contributed by atoms with Crippen molar-refractivity contribution in [2.75, 3.05) is 22.5 Å². The van der Waals surface area contributed by atoms with Crippen molar-refractivity contribution in [3.05, 3.63) is 46.9 Å². The van der Waals surface area contributed by atoms with Crippen LogP contribution in [0.4, 0.5) is 22.7 Å². The maximum atomic E-state index is 11.8. The van der Waals surface area contributed by atoms with Crippen molar-refractivity contribution in [3.63, 3.8) is 0 Å². The number of nitrogens with one attached hydrogen (secondary N) is 1. The quantitative estimate of drug-likeness (QED) is 0.794. The zero-order valence-corrected chi connectivity index (χ0v) is 11.6. The number of para-hydroxylation sites is 2. The van der Waals surface area contributed by atoms with E-state index in [4.69, 9.17) is 5.73 Å². The number of anilines is 4. The van der Waals surface area contributed by atoms with Gasteiger partial charge in [-0.05, 0) is 30.3 Å². The lowest BCUT2D eigenvalue weighted by Crippen LogP contribution is -2.35. The van der Waals surface area contributed by atoms with Gasteiger partial charge in [0.1, 0.15) is 6.54 Å². The third kappa shape index (κ3) is 2.17. The number of halogens is 1. The molecule has 2 aromatic carbocycles. The average Bonchev–Trinajstić information content (AvgIpc) is 2.40. The van der Waals surface area contributed by atoms with Gasteiger partial charge >= 0.3 is 0 Å². The molecule has 0 unspecified atom stereocenters. The summed E-state index contributed by atoms with van der Waals surface area (Å²) in [7, 11) is 0. The van der Waals surface area contributed by atoms with E-state index in [0.717, 1.165) is 21.5 Å². The highest BCUT2D eigenvalue weighted by atomic mass is 79.9. The van der Waals surface area contributed by atoms with Crippen LogP contribution in [0.3, 0.4) is 0 Å². The smallest absolute Gasteiger partial charge is 0.244 e. The summed E-state index contributed by atoms with van der Waals surface area (Å²) in [5.74, 6) is -0.0434. The highest BCUT2D eigenvalue weighted by Gasteiger charge is 2.24. The second kappa shape index (κ2) is 4.59. The largest absolute Gasteiger partial charge is 0.397 e. The first kappa shape index (κ1) is 12.0. The van der Waals surface area contributed by atoms with E-state index in [1.807, 2.05) is 47.4 Å². The molecule has 2 aromatic rings. The van der Waals surface area contributed by atoms with Crippen LogP contribution < -0.4 is 16.0 Å². The predicted octanol–water partition coefficient (Wildman–Crippen LogP) is 3.12. The topological polar surface area (TPSA) is 58.4 Å². The summed E-state index contributed by atoms with van der Waals surface area (Å²) in [5.41, 5.74) is 9.26. The van der Waals surface area contributed by atoms with Gasteiger partial charge in [0.15, 0.2) is 0 Å². The molecule has 3 N–H and O–H groups in total. The van der Waals surface area contributed by atoms with Crippen molar-refractivity contribution in [1.82, 2.24) is 0 Å². The van der Waals surface area contributed by atoms with E-state index < -0.39 is 0 Å². The molecule has 1 aliphatic rings. The molecular weight excluding hydrogens is 306 g/mol. The van der Waals surface area contributed by atoms with E-state index in [0.29, 0.717) is 5.69 Å². The lowest BCUT2D eigenvalue weighted by molar-refractivity contribution is -0.115. The van der Waals surface area contributed by atoms with Crippen molar-refractivity contribution in [2.24, 2.45) is 0 Å². The Morgan fingerprint density at radius 1 is 1.16 bits per heavy atom. The van der Waals surface area contributed by atoms with Gasteiger partial charge in [0.25, 0.3) is 0 Å². The summed E-state index contributed by atoms with van der Waals surface area (Å²) in [6.07, 6.45) is 0. The molecule has 0 fully saturated rings. The van der Waals surface area contributed by atoms with Gasteiger partial charge < -0.3 is 16.0 Å². The van der Waals surface area contributed by atoms with E-state index in [1.165, 1.54) is 0 Å². The van der Waals surface area contributed by atoms with Gasteiger partial charge in [0, 0.05) is 4.47 Å². The number of carbonyl (C=O) groups is 1. The maximum absolute atomic E-state index is 11.8. The minimum atomic E-state index is -0.0434. The lowest BCUT2D eigenvalue weighted by atomic mass is 10.1. The second-order valence-corrected chi connectivity index (χ2v) is 5.27. The van der Waals surface area contributed by atoms with Crippen molar-refractivity contribution >= 4 is 44.6 Å². The Morgan fingerprint density at radius 3 is 2.79 bits per heavy atom. The van der Waals surface area contributed by atoms with E-state index in [-0.39, 0.29) is 12.5 Å². The van der Waals surface area contributed by atoms with Crippen LogP contribution in [-0.4, -0.2) is 12.5 Å². The third-order valence-corrected chi connectivity index (χ3v) is 3.55. The highest BCUT2D eigenvalue weighted by Crippen LogP contribution is 2.38. The van der Waals surface area contributed by atoms with Gasteiger partial charge in [0.05, 0.1) is 22.7 Å². The summed E-state index contributed by atoms with van der Waals surface area (Å²) in [5, 5.41) is 2.86. The minimum absolute atomic E-state index is 0.0434. The van der Waals surface area contributed by atoms with Gasteiger partial charge in [-0.2, -0.15) is 0 Å². The number of fused-ring (bicyclic) bond motifs is 1. The molecule has 0 aromatic heterocycles. The van der Waals surface area contributed by atoms with Crippen LogP contribution in [0.2, 0.25) is 0 Å². The van der Waals surface area contributed by atoms with E-state index >= 15 is 0 Å². The summed E-state index contributed by atoms with van der Waals surface area (Å²) < 4.78 is 0.931. The van der Waals surface area contributed by atoms with Crippen LogP contribution in [0.1, 0.15) is 0 Å². The molecule has 0 aliphatic carbocycles. The van der Waals surface area contributed by atoms with Gasteiger partial charge in [-0.25, -0.2) is 0 Å². The van der Waals surface area contributed by atoms with Gasteiger partial charge in [-0.3, -0.25) is 4.79 Å². The SMILES string of the molecule is Nc1ccc(Br)cc1N1CC(=O)Nc2ccccc21. The number of rotatable bonds is 1. The molecule has 1 heterocycles. The van der Waals surface area contributed by atoms with Crippen LogP contribution >= 0.6 is 15.9 Å². The molecule has 0 atom stereocenters. The number of amides is 1. The van der Waals surface area contributed by atoms with E-state index in [9.17, 15) is 4.79 Å². The Hall–Kier alpha value is -2.01. The maximum Gasteiger partial charge on any atom is 0.244 e. The zero-order chi connectivity index (χ0) is 13.4. The molecule has 19 heavy (non-hydrogen) atoms. The van der Waals surface area contributed by atoms with Gasteiger partial charge in [-0.1, -0.05) is 28.1 Å². The molecule has 5 heteroatoms. The molecule has 0 saturated heterocycles. The molecule has 1 aliphatic heterocycles. The molecular formula is C14H12BrN3O. The van der Waals surface area contributed by atoms with Crippen LogP contribution in [0.15, 0.2) is 46.9 Å². The van der Waals surface area contributed by atoms with Crippen molar-refractivity contribution < 1.29 is 4.79 Å². The number of benzene rings is 2. The van der Waals surface area contributed by atoms with Gasteiger partial charge in [0.2, 0.25) is 5.91 Å². The molecule has 96 valence electrons. The zero-order valence-electron chi connectivity index (χ0n) is 10.1. The Morgan fingerprint density at radius 2 is 1.95 bits per heavy atom. The second-order valence-electron chi connectivity index (χ2n) is 4.35. The first-order valence-electron chi connectivity index (χ1n) is 5.86. The number of nitrogens with zero attached hydrogens (tertiary/aromatic N) is 1. The van der Waals surface area contributed by atoms with Crippen molar-refractivity contribution in [1.29, 1.82) is 0 Å². The number of hydrogen-bond acceptors (Lipinski definition) is 3. The van der Waals surface area contributed by atoms with E-state index in [2.05, 4.69) is 21.2 Å². The molecule has 4 nitrogen and oxygen atoms in total. The molecule has 3 rings (SSSR count). The number of nitrogen functional groups attached to an aromatic ring is 1. The van der Waals surface area contributed by atoms with Crippen LogP contribution in [0.25, 0.3) is 0 Å². The van der Waals surface area contributed by atoms with E-state index in [1.54, 1.807) is 0 Å². The highest BCUT2D eigenvalue weighted by molar-refractivity contribution is 9.10. The van der Waals surface area contributed by atoms with Crippen LogP contribution in [0.5, 0.6) is 0 Å². The fourth-order valence-corrected chi connectivity index (χ4v) is 2.55. The standard InChI is InChI=1S/C14H12BrN3O/c15-9-5-6-10(16)13(7-9)18-8-14(19)17-11-3-1-2-4-12(11)18/h1-7H,8,16H2,(H,17,19). The van der Waals surface area contributed by atoms with Crippen LogP contribution in [0, 0.1) is 0 Å². The third-order valence-electron chi connectivity index (χ3n) is 3.05. The Kier molecular flexibility index (Phi) is 2.91. The normalized spacial score (nSPS) is 13.9. The van der Waals surface area contributed by atoms with Crippen molar-refractivity contribution in [3.8, 4) is 0 Å². The number of nitrogens with two attached hydrogens (primary N) is 1. The summed E-state index contributed by atoms with van der Waals surface area (Å²) in [6.45, 7) is 0.262.